The molecule has 10 heteroatoms. The second kappa shape index (κ2) is 11.2. The Morgan fingerprint density at radius 3 is 2.93 bits per heavy atom. The van der Waals surface area contributed by atoms with Gasteiger partial charge >= 0.3 is 5.63 Å². The maximum Gasteiger partial charge on any atom is 0.339 e. The molecule has 30 heavy (non-hydrogen) atoms. The fraction of sp³-hybridized carbons (Fsp3) is 0.600. The van der Waals surface area contributed by atoms with Gasteiger partial charge in [0.25, 0.3) is 0 Å². The summed E-state index contributed by atoms with van der Waals surface area (Å²) in [6, 6.07) is 2.43. The average molecular weight is 439 g/mol. The van der Waals surface area contributed by atoms with Crippen LogP contribution in [-0.4, -0.2) is 48.2 Å². The molecule has 1 aliphatic heterocycles. The molecule has 2 rings (SSSR count). The van der Waals surface area contributed by atoms with Crippen molar-refractivity contribution in [1.82, 2.24) is 5.32 Å². The first-order chi connectivity index (χ1) is 14.3. The molecule has 1 aromatic rings. The van der Waals surface area contributed by atoms with Crippen LogP contribution in [0.25, 0.3) is 0 Å². The number of nitrogens with two attached hydrogens (primary N) is 1. The quantitative estimate of drug-likeness (QED) is 0.308. The van der Waals surface area contributed by atoms with Crippen LogP contribution >= 0.6 is 11.8 Å². The van der Waals surface area contributed by atoms with E-state index in [0.717, 1.165) is 12.8 Å². The van der Waals surface area contributed by atoms with Crippen LogP contribution in [0, 0.1) is 0 Å². The van der Waals surface area contributed by atoms with Gasteiger partial charge in [-0.3, -0.25) is 9.79 Å². The number of nitrogens with zero attached hydrogens (tertiary/aromatic N) is 2. The van der Waals surface area contributed by atoms with Crippen LogP contribution in [0.3, 0.4) is 0 Å². The van der Waals surface area contributed by atoms with E-state index in [0.29, 0.717) is 47.6 Å². The molecule has 0 saturated carbocycles. The van der Waals surface area contributed by atoms with Crippen molar-refractivity contribution in [3.63, 3.8) is 0 Å². The summed E-state index contributed by atoms with van der Waals surface area (Å²) in [4.78, 5) is 34.7. The molecule has 3 N–H and O–H groups in total. The Hall–Kier alpha value is -2.33. The third-order valence-electron chi connectivity index (χ3n) is 4.50. The average Bonchev–Trinajstić information content (AvgIpc) is 3.14. The van der Waals surface area contributed by atoms with Crippen LogP contribution in [0.5, 0.6) is 5.75 Å². The Balaban J connectivity index is 2.14. The molecule has 0 unspecified atom stereocenters. The van der Waals surface area contributed by atoms with E-state index in [1.807, 2.05) is 6.92 Å². The first-order valence-electron chi connectivity index (χ1n) is 9.92. The van der Waals surface area contributed by atoms with Gasteiger partial charge in [-0.05, 0) is 33.2 Å². The lowest BCUT2D eigenvalue weighted by Gasteiger charge is -2.24. The number of carbonyl (C=O) groups is 1. The minimum atomic E-state index is -0.959. The second-order valence-corrected chi connectivity index (χ2v) is 8.13. The van der Waals surface area contributed by atoms with Gasteiger partial charge in [0.15, 0.2) is 0 Å². The smallest absolute Gasteiger partial charge is 0.339 e. The van der Waals surface area contributed by atoms with E-state index in [1.54, 1.807) is 19.9 Å². The summed E-state index contributed by atoms with van der Waals surface area (Å²) in [6.07, 6.45) is 2.12. The third kappa shape index (κ3) is 6.33. The Kier molecular flexibility index (Phi) is 8.91. The molecule has 1 aromatic heterocycles. The minimum Gasteiger partial charge on any atom is -0.496 e. The Bertz CT molecular complexity index is 854. The van der Waals surface area contributed by atoms with Crippen LogP contribution < -0.4 is 21.4 Å². The number of carbonyl (C=O) groups excluding carboxylic acids is 1. The molecule has 9 nitrogen and oxygen atoms in total. The highest BCUT2D eigenvalue weighted by Gasteiger charge is 2.40. The SMILES string of the molecule is CCC[C@@H](NC(=O)[C@]1(C)CSC(/C(C)=N/OCCCN)=N1)c1cc(OC)cc(=O)o1. The van der Waals surface area contributed by atoms with Crippen molar-refractivity contribution in [2.45, 2.75) is 51.6 Å². The Morgan fingerprint density at radius 2 is 2.27 bits per heavy atom. The van der Waals surface area contributed by atoms with E-state index in [-0.39, 0.29) is 5.91 Å². The highest BCUT2D eigenvalue weighted by atomic mass is 32.2. The van der Waals surface area contributed by atoms with Gasteiger partial charge in [-0.25, -0.2) is 4.79 Å². The van der Waals surface area contributed by atoms with E-state index in [1.165, 1.54) is 24.9 Å². The predicted octanol–water partition coefficient (Wildman–Crippen LogP) is 2.25. The molecule has 2 atom stereocenters. The maximum atomic E-state index is 13.1. The van der Waals surface area contributed by atoms with Crippen molar-refractivity contribution in [1.29, 1.82) is 0 Å². The Morgan fingerprint density at radius 1 is 1.50 bits per heavy atom. The fourth-order valence-corrected chi connectivity index (χ4v) is 3.90. The number of hydrogen-bond donors (Lipinski definition) is 2. The summed E-state index contributed by atoms with van der Waals surface area (Å²) < 4.78 is 10.5. The van der Waals surface area contributed by atoms with Crippen LogP contribution in [-0.2, 0) is 9.63 Å². The van der Waals surface area contributed by atoms with E-state index in [9.17, 15) is 9.59 Å². The van der Waals surface area contributed by atoms with Crippen LogP contribution in [0.4, 0.5) is 0 Å². The van der Waals surface area contributed by atoms with Crippen molar-refractivity contribution in [3.8, 4) is 5.75 Å². The summed E-state index contributed by atoms with van der Waals surface area (Å²) >= 11 is 1.45. The highest BCUT2D eigenvalue weighted by Crippen LogP contribution is 2.30. The van der Waals surface area contributed by atoms with Crippen molar-refractivity contribution in [3.05, 3.63) is 28.3 Å². The van der Waals surface area contributed by atoms with Crippen molar-refractivity contribution in [2.24, 2.45) is 15.9 Å². The molecule has 0 aliphatic carbocycles. The molecule has 1 aliphatic rings. The molecule has 0 spiro atoms. The lowest BCUT2D eigenvalue weighted by molar-refractivity contribution is -0.125. The number of aliphatic imine (C=N–C) groups is 1. The van der Waals surface area contributed by atoms with Gasteiger partial charge < -0.3 is 25.0 Å². The second-order valence-electron chi connectivity index (χ2n) is 7.16. The topological polar surface area (TPSA) is 129 Å². The van der Waals surface area contributed by atoms with Crippen molar-refractivity contribution in [2.75, 3.05) is 26.0 Å². The number of methoxy groups -OCH3 is 1. The first kappa shape index (κ1) is 23.9. The van der Waals surface area contributed by atoms with Crippen LogP contribution in [0.1, 0.15) is 51.8 Å². The largest absolute Gasteiger partial charge is 0.496 e. The van der Waals surface area contributed by atoms with Gasteiger partial charge in [-0.1, -0.05) is 18.5 Å². The van der Waals surface area contributed by atoms with Crippen molar-refractivity contribution >= 4 is 28.4 Å². The zero-order chi connectivity index (χ0) is 22.1. The lowest BCUT2D eigenvalue weighted by atomic mass is 10.0. The summed E-state index contributed by atoms with van der Waals surface area (Å²) in [6.45, 7) is 6.53. The molecule has 2 heterocycles. The first-order valence-corrected chi connectivity index (χ1v) is 10.9. The Labute approximate surface area is 180 Å². The molecule has 0 radical (unpaired) electrons. The number of nitrogens with one attached hydrogen (secondary N) is 1. The number of rotatable bonds is 11. The van der Waals surface area contributed by atoms with Gasteiger partial charge in [-0.15, -0.1) is 11.8 Å². The van der Waals surface area contributed by atoms with Gasteiger partial charge in [-0.2, -0.15) is 0 Å². The zero-order valence-corrected chi connectivity index (χ0v) is 18.7. The maximum absolute atomic E-state index is 13.1. The molecule has 1 amide bonds. The van der Waals surface area contributed by atoms with Gasteiger partial charge in [0.1, 0.15) is 34.4 Å². The standard InChI is InChI=1S/C20H30N4O5S/c1-5-7-15(16-10-14(27-4)11-17(25)29-16)22-19(26)20(3)12-30-18(23-20)13(2)24-28-9-6-8-21/h10-11,15H,5-9,12,21H2,1-4H3,(H,22,26)/b24-13+/t15-,20+/m1/s1. The molecular formula is C20H30N4O5S. The van der Waals surface area contributed by atoms with Gasteiger partial charge in [0.05, 0.1) is 19.2 Å². The molecule has 166 valence electrons. The molecular weight excluding hydrogens is 408 g/mol. The van der Waals surface area contributed by atoms with Gasteiger partial charge in [0, 0.05) is 11.8 Å². The van der Waals surface area contributed by atoms with Crippen LogP contribution in [0.15, 0.2) is 31.5 Å². The monoisotopic (exact) mass is 438 g/mol. The molecule has 0 bridgehead atoms. The number of ether oxygens (including phenoxy) is 1. The number of thioether (sulfide) groups is 1. The molecule has 0 fully saturated rings. The van der Waals surface area contributed by atoms with E-state index >= 15 is 0 Å². The third-order valence-corrected chi connectivity index (χ3v) is 5.87. The predicted molar refractivity (Wildman–Crippen MR) is 118 cm³/mol. The summed E-state index contributed by atoms with van der Waals surface area (Å²) in [5.74, 6) is 0.982. The zero-order valence-electron chi connectivity index (χ0n) is 17.9. The van der Waals surface area contributed by atoms with Crippen molar-refractivity contribution < 1.29 is 18.8 Å². The summed E-state index contributed by atoms with van der Waals surface area (Å²) in [5, 5.41) is 7.70. The van der Waals surface area contributed by atoms with Gasteiger partial charge in [0.2, 0.25) is 5.91 Å². The number of hydrogen-bond acceptors (Lipinski definition) is 9. The minimum absolute atomic E-state index is 0.245. The van der Waals surface area contributed by atoms with Crippen LogP contribution in [0.2, 0.25) is 0 Å². The summed E-state index contributed by atoms with van der Waals surface area (Å²) in [5.41, 5.74) is 4.57. The fourth-order valence-electron chi connectivity index (χ4n) is 2.78. The highest BCUT2D eigenvalue weighted by molar-refractivity contribution is 8.16. The number of oxime groups is 1. The molecule has 0 saturated heterocycles. The van der Waals surface area contributed by atoms with E-state index < -0.39 is 17.2 Å². The number of amides is 1. The lowest BCUT2D eigenvalue weighted by Crippen LogP contribution is -2.45. The normalized spacial score (nSPS) is 19.9. The van der Waals surface area contributed by atoms with E-state index in [2.05, 4.69) is 15.5 Å². The van der Waals surface area contributed by atoms with E-state index in [4.69, 9.17) is 19.7 Å². The molecule has 0 aromatic carbocycles. The summed E-state index contributed by atoms with van der Waals surface area (Å²) in [7, 11) is 1.47.